The van der Waals surface area contributed by atoms with Crippen molar-refractivity contribution in [1.82, 2.24) is 4.90 Å². The van der Waals surface area contributed by atoms with Crippen LogP contribution in [-0.2, 0) is 9.47 Å². The summed E-state index contributed by atoms with van der Waals surface area (Å²) < 4.78 is 10.9. The van der Waals surface area contributed by atoms with E-state index in [4.69, 9.17) is 15.2 Å². The first-order valence-corrected chi connectivity index (χ1v) is 6.19. The molecule has 0 unspecified atom stereocenters. The molecule has 0 aromatic rings. The Balaban J connectivity index is 2.19. The van der Waals surface area contributed by atoms with Crippen LogP contribution in [0.5, 0.6) is 0 Å². The number of rotatable bonds is 6. The van der Waals surface area contributed by atoms with Crippen LogP contribution in [0.25, 0.3) is 0 Å². The normalized spacial score (nSPS) is 20.6. The SMILES string of the molecule is CC(C)OCCN(C)CC1(N)CCOCC1. The van der Waals surface area contributed by atoms with E-state index in [-0.39, 0.29) is 5.54 Å². The summed E-state index contributed by atoms with van der Waals surface area (Å²) in [5.74, 6) is 0. The molecule has 16 heavy (non-hydrogen) atoms. The fraction of sp³-hybridized carbons (Fsp3) is 1.00. The molecule has 1 saturated heterocycles. The quantitative estimate of drug-likeness (QED) is 0.735. The fourth-order valence-electron chi connectivity index (χ4n) is 2.00. The van der Waals surface area contributed by atoms with Gasteiger partial charge >= 0.3 is 0 Å². The molecule has 0 radical (unpaired) electrons. The minimum atomic E-state index is -0.0647. The monoisotopic (exact) mass is 230 g/mol. The predicted molar refractivity (Wildman–Crippen MR) is 65.6 cm³/mol. The van der Waals surface area contributed by atoms with Gasteiger partial charge < -0.3 is 20.1 Å². The van der Waals surface area contributed by atoms with Gasteiger partial charge in [0.15, 0.2) is 0 Å². The highest BCUT2D eigenvalue weighted by atomic mass is 16.5. The maximum absolute atomic E-state index is 6.33. The second-order valence-electron chi connectivity index (χ2n) is 5.13. The van der Waals surface area contributed by atoms with E-state index in [1.165, 1.54) is 0 Å². The van der Waals surface area contributed by atoms with Crippen molar-refractivity contribution in [1.29, 1.82) is 0 Å². The summed E-state index contributed by atoms with van der Waals surface area (Å²) in [6.07, 6.45) is 2.23. The summed E-state index contributed by atoms with van der Waals surface area (Å²) in [4.78, 5) is 2.26. The molecule has 0 aromatic carbocycles. The van der Waals surface area contributed by atoms with Gasteiger partial charge in [-0.2, -0.15) is 0 Å². The zero-order valence-electron chi connectivity index (χ0n) is 10.9. The van der Waals surface area contributed by atoms with Crippen LogP contribution in [0.1, 0.15) is 26.7 Å². The Hall–Kier alpha value is -0.160. The number of nitrogens with zero attached hydrogens (tertiary/aromatic N) is 1. The predicted octanol–water partition coefficient (Wildman–Crippen LogP) is 0.851. The van der Waals surface area contributed by atoms with E-state index in [2.05, 4.69) is 25.8 Å². The van der Waals surface area contributed by atoms with E-state index in [0.717, 1.165) is 45.8 Å². The lowest BCUT2D eigenvalue weighted by molar-refractivity contribution is 0.0293. The van der Waals surface area contributed by atoms with E-state index >= 15 is 0 Å². The van der Waals surface area contributed by atoms with Crippen LogP contribution in [0.4, 0.5) is 0 Å². The molecule has 0 amide bonds. The first kappa shape index (κ1) is 13.9. The highest BCUT2D eigenvalue weighted by Crippen LogP contribution is 2.18. The summed E-state index contributed by atoms with van der Waals surface area (Å²) in [5.41, 5.74) is 6.26. The summed E-state index contributed by atoms with van der Waals surface area (Å²) in [6.45, 7) is 8.36. The Bertz CT molecular complexity index is 191. The molecule has 1 heterocycles. The molecule has 4 nitrogen and oxygen atoms in total. The smallest absolute Gasteiger partial charge is 0.0596 e. The third kappa shape index (κ3) is 5.25. The number of likely N-dealkylation sites (N-methyl/N-ethyl adjacent to an activating group) is 1. The van der Waals surface area contributed by atoms with Gasteiger partial charge in [-0.25, -0.2) is 0 Å². The van der Waals surface area contributed by atoms with Crippen molar-refractivity contribution in [3.05, 3.63) is 0 Å². The Morgan fingerprint density at radius 3 is 2.56 bits per heavy atom. The van der Waals surface area contributed by atoms with E-state index < -0.39 is 0 Å². The van der Waals surface area contributed by atoms with Crippen LogP contribution in [0.2, 0.25) is 0 Å². The molecule has 1 fully saturated rings. The van der Waals surface area contributed by atoms with Gasteiger partial charge in [-0.1, -0.05) is 0 Å². The number of nitrogens with two attached hydrogens (primary N) is 1. The van der Waals surface area contributed by atoms with Gasteiger partial charge in [0.25, 0.3) is 0 Å². The van der Waals surface area contributed by atoms with Gasteiger partial charge in [0.05, 0.1) is 12.7 Å². The molecule has 0 aromatic heterocycles. The van der Waals surface area contributed by atoms with Crippen LogP contribution in [0, 0.1) is 0 Å². The standard InChI is InChI=1S/C12H26N2O2/c1-11(2)16-9-6-14(3)10-12(13)4-7-15-8-5-12/h11H,4-10,13H2,1-3H3. The Kier molecular flexibility index (Phi) is 5.69. The average molecular weight is 230 g/mol. The summed E-state index contributed by atoms with van der Waals surface area (Å²) >= 11 is 0. The first-order chi connectivity index (χ1) is 7.52. The van der Waals surface area contributed by atoms with Gasteiger partial charge in [0.2, 0.25) is 0 Å². The van der Waals surface area contributed by atoms with Crippen molar-refractivity contribution in [3.63, 3.8) is 0 Å². The van der Waals surface area contributed by atoms with E-state index in [9.17, 15) is 0 Å². The maximum Gasteiger partial charge on any atom is 0.0596 e. The molecular weight excluding hydrogens is 204 g/mol. The number of hydrogen-bond acceptors (Lipinski definition) is 4. The van der Waals surface area contributed by atoms with Gasteiger partial charge in [-0.3, -0.25) is 0 Å². The van der Waals surface area contributed by atoms with Gasteiger partial charge in [-0.15, -0.1) is 0 Å². The lowest BCUT2D eigenvalue weighted by Gasteiger charge is -2.36. The lowest BCUT2D eigenvalue weighted by atomic mass is 9.91. The van der Waals surface area contributed by atoms with Crippen molar-refractivity contribution in [3.8, 4) is 0 Å². The lowest BCUT2D eigenvalue weighted by Crippen LogP contribution is -2.53. The molecular formula is C12H26N2O2. The molecule has 4 heteroatoms. The second-order valence-corrected chi connectivity index (χ2v) is 5.13. The third-order valence-electron chi connectivity index (χ3n) is 3.00. The van der Waals surface area contributed by atoms with Crippen molar-refractivity contribution in [2.45, 2.75) is 38.3 Å². The van der Waals surface area contributed by atoms with Gasteiger partial charge in [-0.05, 0) is 33.7 Å². The zero-order chi connectivity index (χ0) is 12.0. The average Bonchev–Trinajstić information content (AvgIpc) is 2.17. The second kappa shape index (κ2) is 6.55. The van der Waals surface area contributed by atoms with Gasteiger partial charge in [0, 0.05) is 31.8 Å². The highest BCUT2D eigenvalue weighted by molar-refractivity contribution is 4.88. The maximum atomic E-state index is 6.33. The van der Waals surface area contributed by atoms with Crippen molar-refractivity contribution in [2.24, 2.45) is 5.73 Å². The molecule has 1 aliphatic heterocycles. The van der Waals surface area contributed by atoms with Crippen molar-refractivity contribution < 1.29 is 9.47 Å². The summed E-state index contributed by atoms with van der Waals surface area (Å²) in [6, 6.07) is 0. The molecule has 0 aliphatic carbocycles. The molecule has 0 spiro atoms. The number of hydrogen-bond donors (Lipinski definition) is 1. The minimum absolute atomic E-state index is 0.0647. The van der Waals surface area contributed by atoms with E-state index in [0.29, 0.717) is 6.10 Å². The van der Waals surface area contributed by atoms with E-state index in [1.54, 1.807) is 0 Å². The Labute approximate surface area is 99.1 Å². The summed E-state index contributed by atoms with van der Waals surface area (Å²) in [5, 5.41) is 0. The molecule has 0 bridgehead atoms. The largest absolute Gasteiger partial charge is 0.381 e. The molecule has 0 atom stereocenters. The van der Waals surface area contributed by atoms with Crippen LogP contribution >= 0.6 is 0 Å². The zero-order valence-corrected chi connectivity index (χ0v) is 10.9. The van der Waals surface area contributed by atoms with Crippen LogP contribution in [0.3, 0.4) is 0 Å². The first-order valence-electron chi connectivity index (χ1n) is 6.19. The van der Waals surface area contributed by atoms with Crippen molar-refractivity contribution in [2.75, 3.05) is 40.0 Å². The highest BCUT2D eigenvalue weighted by Gasteiger charge is 2.28. The topological polar surface area (TPSA) is 47.7 Å². The van der Waals surface area contributed by atoms with E-state index in [1.807, 2.05) is 0 Å². The molecule has 1 rings (SSSR count). The Morgan fingerprint density at radius 1 is 1.38 bits per heavy atom. The molecule has 0 saturated carbocycles. The van der Waals surface area contributed by atoms with Gasteiger partial charge in [0.1, 0.15) is 0 Å². The minimum Gasteiger partial charge on any atom is -0.381 e. The third-order valence-corrected chi connectivity index (χ3v) is 3.00. The molecule has 96 valence electrons. The molecule has 2 N–H and O–H groups in total. The van der Waals surface area contributed by atoms with Crippen LogP contribution in [-0.4, -0.2) is 56.5 Å². The summed E-state index contributed by atoms with van der Waals surface area (Å²) in [7, 11) is 2.10. The number of ether oxygens (including phenoxy) is 2. The van der Waals surface area contributed by atoms with Crippen molar-refractivity contribution >= 4 is 0 Å². The Morgan fingerprint density at radius 2 is 2.00 bits per heavy atom. The fourth-order valence-corrected chi connectivity index (χ4v) is 2.00. The van der Waals surface area contributed by atoms with Crippen LogP contribution in [0.15, 0.2) is 0 Å². The molecule has 1 aliphatic rings. The van der Waals surface area contributed by atoms with Crippen LogP contribution < -0.4 is 5.73 Å².